The molecule has 26 nitrogen and oxygen atoms in total. The maximum atomic E-state index is 14.0. The van der Waals surface area contributed by atoms with Crippen LogP contribution in [0.15, 0.2) is 0 Å². The summed E-state index contributed by atoms with van der Waals surface area (Å²) in [5, 5.41) is 42.0. The minimum atomic E-state index is -1.60. The average molecular weight is 970 g/mol. The quantitative estimate of drug-likeness (QED) is 0.0311. The molecular formula is C42H75N13O13. The Morgan fingerprint density at radius 2 is 0.882 bits per heavy atom. The van der Waals surface area contributed by atoms with E-state index in [1.807, 2.05) is 0 Å². The largest absolute Gasteiger partial charge is 0.480 e. The second kappa shape index (κ2) is 29.7. The number of likely N-dealkylation sites (tertiary alicyclic amines) is 1. The molecule has 26 heteroatoms. The van der Waals surface area contributed by atoms with Gasteiger partial charge in [-0.2, -0.15) is 0 Å². The summed E-state index contributed by atoms with van der Waals surface area (Å²) in [6.45, 7) is 11.3. The molecule has 1 aliphatic rings. The van der Waals surface area contributed by atoms with E-state index in [1.54, 1.807) is 0 Å². The molecule has 0 saturated carbocycles. The Balaban J connectivity index is 3.07. The van der Waals surface area contributed by atoms with E-state index in [0.717, 1.165) is 4.90 Å². The summed E-state index contributed by atoms with van der Waals surface area (Å²) in [7, 11) is 0. The number of hydrogen-bond acceptors (Lipinski definition) is 15. The number of amides is 10. The molecule has 10 amide bonds. The summed E-state index contributed by atoms with van der Waals surface area (Å²) in [5.74, 6) is -8.84. The van der Waals surface area contributed by atoms with Gasteiger partial charge >= 0.3 is 5.97 Å². The van der Waals surface area contributed by atoms with Gasteiger partial charge in [0.1, 0.15) is 60.4 Å². The molecule has 1 fully saturated rings. The van der Waals surface area contributed by atoms with Crippen molar-refractivity contribution >= 4 is 65.0 Å². The first-order valence-corrected chi connectivity index (χ1v) is 22.9. The molecule has 0 unspecified atom stereocenters. The molecule has 0 aromatic heterocycles. The van der Waals surface area contributed by atoms with Crippen LogP contribution in [-0.4, -0.2) is 172 Å². The Kier molecular flexibility index (Phi) is 26.2. The number of nitrogens with zero attached hydrogens (tertiary/aromatic N) is 1. The lowest BCUT2D eigenvalue weighted by molar-refractivity contribution is -0.144. The van der Waals surface area contributed by atoms with Gasteiger partial charge in [0.05, 0.1) is 12.1 Å². The van der Waals surface area contributed by atoms with E-state index < -0.39 is 138 Å². The summed E-state index contributed by atoms with van der Waals surface area (Å²) >= 11 is 0. The summed E-state index contributed by atoms with van der Waals surface area (Å²) in [4.78, 5) is 143. The first-order chi connectivity index (χ1) is 31.8. The van der Waals surface area contributed by atoms with E-state index in [2.05, 4.69) is 47.9 Å². The molecule has 0 aromatic rings. The number of unbranched alkanes of at least 4 members (excludes halogenated alkanes) is 2. The lowest BCUT2D eigenvalue weighted by atomic mass is 10.1. The van der Waals surface area contributed by atoms with Gasteiger partial charge in [0.15, 0.2) is 0 Å². The number of hydrogen-bond donors (Lipinski definition) is 14. The lowest BCUT2D eigenvalue weighted by Crippen LogP contribution is -2.61. The Morgan fingerprint density at radius 1 is 0.515 bits per heavy atom. The smallest absolute Gasteiger partial charge is 0.325 e. The summed E-state index contributed by atoms with van der Waals surface area (Å²) < 4.78 is 0. The van der Waals surface area contributed by atoms with E-state index in [9.17, 15) is 57.8 Å². The van der Waals surface area contributed by atoms with Gasteiger partial charge in [-0.05, 0) is 120 Å². The van der Waals surface area contributed by atoms with Crippen LogP contribution in [0.5, 0.6) is 0 Å². The van der Waals surface area contributed by atoms with Gasteiger partial charge in [0.2, 0.25) is 59.1 Å². The van der Waals surface area contributed by atoms with Gasteiger partial charge in [0.25, 0.3) is 0 Å². The van der Waals surface area contributed by atoms with Crippen LogP contribution in [0.4, 0.5) is 0 Å². The number of rotatable bonds is 29. The molecule has 0 radical (unpaired) electrons. The van der Waals surface area contributed by atoms with Crippen molar-refractivity contribution in [2.75, 3.05) is 19.6 Å². The minimum absolute atomic E-state index is 0.0400. The van der Waals surface area contributed by atoms with Crippen LogP contribution < -0.4 is 65.1 Å². The fraction of sp³-hybridized carbons (Fsp3) is 0.738. The van der Waals surface area contributed by atoms with Crippen molar-refractivity contribution < 1.29 is 63.0 Å². The zero-order valence-corrected chi connectivity index (χ0v) is 40.3. The number of nitrogens with two attached hydrogens (primary N) is 3. The van der Waals surface area contributed by atoms with Gasteiger partial charge in [-0.15, -0.1) is 0 Å². The first kappa shape index (κ1) is 60.0. The van der Waals surface area contributed by atoms with Gasteiger partial charge in [-0.1, -0.05) is 0 Å². The zero-order valence-electron chi connectivity index (χ0n) is 40.3. The third-order valence-electron chi connectivity index (χ3n) is 10.9. The van der Waals surface area contributed by atoms with Crippen molar-refractivity contribution in [1.82, 2.24) is 52.8 Å². The van der Waals surface area contributed by atoms with E-state index >= 15 is 0 Å². The predicted molar refractivity (Wildman–Crippen MR) is 245 cm³/mol. The van der Waals surface area contributed by atoms with Crippen LogP contribution in [0.2, 0.25) is 0 Å². The molecule has 1 heterocycles. The number of carbonyl (C=O) groups is 11. The van der Waals surface area contributed by atoms with Crippen molar-refractivity contribution in [2.24, 2.45) is 17.2 Å². The highest BCUT2D eigenvalue weighted by Crippen LogP contribution is 2.20. The second-order valence-electron chi connectivity index (χ2n) is 17.1. The Hall–Kier alpha value is -5.99. The monoisotopic (exact) mass is 970 g/mol. The molecule has 386 valence electrons. The van der Waals surface area contributed by atoms with Gasteiger partial charge < -0.3 is 80.2 Å². The van der Waals surface area contributed by atoms with Gasteiger partial charge in [0, 0.05) is 6.54 Å². The average Bonchev–Trinajstić information content (AvgIpc) is 3.77. The van der Waals surface area contributed by atoms with Crippen LogP contribution in [0.3, 0.4) is 0 Å². The highest BCUT2D eigenvalue weighted by atomic mass is 16.4. The predicted octanol–water partition coefficient (Wildman–Crippen LogP) is -5.47. The van der Waals surface area contributed by atoms with Crippen molar-refractivity contribution in [3.8, 4) is 0 Å². The fourth-order valence-corrected chi connectivity index (χ4v) is 6.61. The summed E-state index contributed by atoms with van der Waals surface area (Å²) in [5.41, 5.74) is 16.8. The normalized spacial score (nSPS) is 18.2. The molecule has 0 bridgehead atoms. The Bertz CT molecular complexity index is 1780. The van der Waals surface area contributed by atoms with Crippen molar-refractivity contribution in [3.05, 3.63) is 0 Å². The van der Waals surface area contributed by atoms with Gasteiger partial charge in [-0.25, -0.2) is 0 Å². The van der Waals surface area contributed by atoms with Crippen LogP contribution in [0.1, 0.15) is 107 Å². The maximum absolute atomic E-state index is 14.0. The maximum Gasteiger partial charge on any atom is 0.325 e. The number of carboxylic acid groups (broad SMARTS) is 1. The number of aliphatic hydroxyl groups is 1. The van der Waals surface area contributed by atoms with E-state index in [-0.39, 0.29) is 32.4 Å². The molecule has 12 atom stereocenters. The minimum Gasteiger partial charge on any atom is -0.480 e. The third-order valence-corrected chi connectivity index (χ3v) is 10.9. The van der Waals surface area contributed by atoms with E-state index in [1.165, 1.54) is 55.4 Å². The summed E-state index contributed by atoms with van der Waals surface area (Å²) in [6.07, 6.45) is 0.881. The summed E-state index contributed by atoms with van der Waals surface area (Å²) in [6, 6.07) is -13.1. The lowest BCUT2D eigenvalue weighted by Gasteiger charge is -2.31. The molecule has 1 aliphatic heterocycles. The van der Waals surface area contributed by atoms with E-state index in [0.29, 0.717) is 38.6 Å². The molecule has 0 aromatic carbocycles. The third kappa shape index (κ3) is 20.1. The topological polar surface area (TPSA) is 418 Å². The highest BCUT2D eigenvalue weighted by Gasteiger charge is 2.41. The molecule has 1 saturated heterocycles. The standard InChI is InChI=1S/C42H75N13O13/c1-20(45)32(57)46-21(2)33(58)47-22(3)34(59)48-24(5)36(61)53-29(15-10-12-18-44)39(64)54-31(27(8)56)41(66)55-19-13-16-30(55)40(65)50-25(6)37(62)52-28(14-9-11-17-43)38(63)49-23(4)35(60)51-26(7)42(67)68/h20-31,56H,9-19,43-45H2,1-8H3,(H,46,57)(H,47,58)(H,48,59)(H,49,63)(H,50,65)(H,51,60)(H,52,62)(H,53,61)(H,54,64)(H,67,68)/t20-,21-,22-,23-,24-,25-,26-,27+,28-,29-,30-,31-/m0/s1. The van der Waals surface area contributed by atoms with Crippen molar-refractivity contribution in [3.63, 3.8) is 0 Å². The number of carbonyl (C=O) groups excluding carboxylic acids is 10. The number of carboxylic acids is 1. The van der Waals surface area contributed by atoms with Crippen LogP contribution in [0, 0.1) is 0 Å². The molecule has 68 heavy (non-hydrogen) atoms. The number of aliphatic hydroxyl groups excluding tert-OH is 1. The zero-order chi connectivity index (χ0) is 52.0. The van der Waals surface area contributed by atoms with Gasteiger partial charge in [-0.3, -0.25) is 52.7 Å². The van der Waals surface area contributed by atoms with Crippen molar-refractivity contribution in [2.45, 2.75) is 179 Å². The molecule has 0 spiro atoms. The van der Waals surface area contributed by atoms with Crippen LogP contribution in [-0.2, 0) is 52.7 Å². The van der Waals surface area contributed by atoms with E-state index in [4.69, 9.17) is 22.3 Å². The number of aliphatic carboxylic acids is 1. The molecule has 0 aliphatic carbocycles. The Morgan fingerprint density at radius 3 is 1.28 bits per heavy atom. The van der Waals surface area contributed by atoms with Crippen LogP contribution >= 0.6 is 0 Å². The van der Waals surface area contributed by atoms with Crippen molar-refractivity contribution in [1.29, 1.82) is 0 Å². The van der Waals surface area contributed by atoms with Crippen LogP contribution in [0.25, 0.3) is 0 Å². The second-order valence-corrected chi connectivity index (χ2v) is 17.1. The number of nitrogens with one attached hydrogen (secondary N) is 9. The SMILES string of the molecule is C[C@H](N)C(=O)N[C@@H](C)C(=O)N[C@@H](C)C(=O)N[C@@H](C)C(=O)N[C@@H](CCCCN)C(=O)N[C@H](C(=O)N1CCC[C@H]1C(=O)N[C@@H](C)C(=O)N[C@@H](CCCCN)C(=O)N[C@@H](C)C(=O)N[C@@H](C)C(=O)O)[C@@H](C)O. The molecular weight excluding hydrogens is 895 g/mol. The fourth-order valence-electron chi connectivity index (χ4n) is 6.61. The highest BCUT2D eigenvalue weighted by molar-refractivity contribution is 5.99. The molecule has 1 rings (SSSR count). The first-order valence-electron chi connectivity index (χ1n) is 22.9. The Labute approximate surface area is 396 Å². The molecule has 17 N–H and O–H groups in total.